The van der Waals surface area contributed by atoms with Crippen LogP contribution in [0.1, 0.15) is 24.0 Å². The number of nitrogens with zero attached hydrogens (tertiary/aromatic N) is 2. The first kappa shape index (κ1) is 20.6. The summed E-state index contributed by atoms with van der Waals surface area (Å²) in [6.45, 7) is 6.95. The maximum absolute atomic E-state index is 12.0. The molecule has 2 aromatic rings. The van der Waals surface area contributed by atoms with E-state index in [-0.39, 0.29) is 5.91 Å². The van der Waals surface area contributed by atoms with Gasteiger partial charge in [-0.15, -0.1) is 0 Å². The number of carbonyl (C=O) groups excluding carboxylic acids is 1. The summed E-state index contributed by atoms with van der Waals surface area (Å²) in [5.74, 6) is 0.204. The number of carbonyl (C=O) groups is 1. The van der Waals surface area contributed by atoms with Crippen LogP contribution in [0.3, 0.4) is 0 Å². The van der Waals surface area contributed by atoms with Crippen molar-refractivity contribution in [2.45, 2.75) is 26.3 Å². The van der Waals surface area contributed by atoms with Gasteiger partial charge in [-0.1, -0.05) is 12.1 Å². The van der Waals surface area contributed by atoms with Crippen LogP contribution < -0.4 is 20.4 Å². The van der Waals surface area contributed by atoms with E-state index in [2.05, 4.69) is 39.8 Å². The molecular formula is C23H28N4O2S. The summed E-state index contributed by atoms with van der Waals surface area (Å²) in [6.07, 6.45) is 1.57. The Morgan fingerprint density at radius 1 is 1.10 bits per heavy atom. The number of amides is 1. The third-order valence-electron chi connectivity index (χ3n) is 5.58. The smallest absolute Gasteiger partial charge is 0.227 e. The molecule has 158 valence electrons. The van der Waals surface area contributed by atoms with Gasteiger partial charge in [-0.2, -0.15) is 0 Å². The molecule has 2 aliphatic heterocycles. The van der Waals surface area contributed by atoms with Crippen molar-refractivity contribution in [2.75, 3.05) is 48.0 Å². The highest BCUT2D eigenvalue weighted by atomic mass is 32.1. The van der Waals surface area contributed by atoms with Crippen LogP contribution >= 0.6 is 12.2 Å². The van der Waals surface area contributed by atoms with Gasteiger partial charge >= 0.3 is 0 Å². The van der Waals surface area contributed by atoms with Crippen molar-refractivity contribution in [3.63, 3.8) is 0 Å². The maximum Gasteiger partial charge on any atom is 0.227 e. The SMILES string of the molecule is Cc1cc(NC(=S)NCc2ccc(N3CCOCC3)cc2)ccc1N1CCCC1=O. The zero-order chi connectivity index (χ0) is 20.9. The number of anilines is 3. The average Bonchev–Trinajstić information content (AvgIpc) is 3.19. The zero-order valence-electron chi connectivity index (χ0n) is 17.3. The van der Waals surface area contributed by atoms with Crippen LogP contribution in [0.2, 0.25) is 0 Å². The Bertz CT molecular complexity index is 910. The molecule has 2 heterocycles. The van der Waals surface area contributed by atoms with Crippen molar-refractivity contribution in [2.24, 2.45) is 0 Å². The standard InChI is InChI=1S/C23H28N4O2S/c1-17-15-19(6-9-21(17)27-10-2-3-22(27)28)25-23(30)24-16-18-4-7-20(8-5-18)26-11-13-29-14-12-26/h4-9,15H,2-3,10-14,16H2,1H3,(H2,24,25,30). The topological polar surface area (TPSA) is 56.8 Å². The van der Waals surface area contributed by atoms with Crippen LogP contribution in [0.25, 0.3) is 0 Å². The molecule has 2 aromatic carbocycles. The maximum atomic E-state index is 12.0. The van der Waals surface area contributed by atoms with E-state index in [9.17, 15) is 4.79 Å². The van der Waals surface area contributed by atoms with Gasteiger partial charge in [0.05, 0.1) is 13.2 Å². The quantitative estimate of drug-likeness (QED) is 0.717. The number of ether oxygens (including phenoxy) is 1. The van der Waals surface area contributed by atoms with E-state index in [1.807, 2.05) is 30.0 Å². The summed E-state index contributed by atoms with van der Waals surface area (Å²) in [5.41, 5.74) is 5.38. The number of aryl methyl sites for hydroxylation is 1. The van der Waals surface area contributed by atoms with Crippen molar-refractivity contribution in [1.82, 2.24) is 5.32 Å². The van der Waals surface area contributed by atoms with E-state index in [1.165, 1.54) is 11.3 Å². The van der Waals surface area contributed by atoms with Gasteiger partial charge in [0.15, 0.2) is 5.11 Å². The lowest BCUT2D eigenvalue weighted by molar-refractivity contribution is -0.117. The highest BCUT2D eigenvalue weighted by Gasteiger charge is 2.22. The normalized spacial score (nSPS) is 16.6. The number of rotatable bonds is 5. The Morgan fingerprint density at radius 3 is 2.53 bits per heavy atom. The van der Waals surface area contributed by atoms with Gasteiger partial charge in [-0.25, -0.2) is 0 Å². The van der Waals surface area contributed by atoms with E-state index in [0.29, 0.717) is 18.1 Å². The molecule has 0 atom stereocenters. The van der Waals surface area contributed by atoms with Crippen LogP contribution in [0.4, 0.5) is 17.1 Å². The minimum absolute atomic E-state index is 0.204. The predicted molar refractivity (Wildman–Crippen MR) is 125 cm³/mol. The largest absolute Gasteiger partial charge is 0.378 e. The van der Waals surface area contributed by atoms with E-state index >= 15 is 0 Å². The van der Waals surface area contributed by atoms with Crippen LogP contribution in [-0.4, -0.2) is 43.9 Å². The molecular weight excluding hydrogens is 396 g/mol. The fraction of sp³-hybridized carbons (Fsp3) is 0.391. The predicted octanol–water partition coefficient (Wildman–Crippen LogP) is 3.45. The molecule has 0 saturated carbocycles. The van der Waals surface area contributed by atoms with Crippen molar-refractivity contribution < 1.29 is 9.53 Å². The van der Waals surface area contributed by atoms with Crippen LogP contribution in [0.15, 0.2) is 42.5 Å². The van der Waals surface area contributed by atoms with Gasteiger partial charge in [0, 0.05) is 49.7 Å². The fourth-order valence-corrected chi connectivity index (χ4v) is 4.13. The molecule has 0 aliphatic carbocycles. The molecule has 1 amide bonds. The molecule has 0 radical (unpaired) electrons. The molecule has 0 aromatic heterocycles. The van der Waals surface area contributed by atoms with Gasteiger partial charge in [-0.05, 0) is 67.0 Å². The van der Waals surface area contributed by atoms with Gasteiger partial charge in [0.2, 0.25) is 5.91 Å². The van der Waals surface area contributed by atoms with Crippen molar-refractivity contribution in [3.05, 3.63) is 53.6 Å². The molecule has 2 saturated heterocycles. The summed E-state index contributed by atoms with van der Waals surface area (Å²) in [4.78, 5) is 16.2. The fourth-order valence-electron chi connectivity index (χ4n) is 3.94. The first-order valence-corrected chi connectivity index (χ1v) is 10.9. The molecule has 0 bridgehead atoms. The summed E-state index contributed by atoms with van der Waals surface area (Å²) < 4.78 is 5.41. The molecule has 2 N–H and O–H groups in total. The summed E-state index contributed by atoms with van der Waals surface area (Å²) >= 11 is 5.46. The van der Waals surface area contributed by atoms with E-state index in [0.717, 1.165) is 56.2 Å². The van der Waals surface area contributed by atoms with Gasteiger partial charge in [0.1, 0.15) is 0 Å². The molecule has 0 spiro atoms. The summed E-state index contributed by atoms with van der Waals surface area (Å²) in [5, 5.41) is 7.08. The number of thiocarbonyl (C=S) groups is 1. The second-order valence-electron chi connectivity index (χ2n) is 7.72. The second kappa shape index (κ2) is 9.45. The first-order valence-electron chi connectivity index (χ1n) is 10.5. The summed E-state index contributed by atoms with van der Waals surface area (Å²) in [7, 11) is 0. The number of morpholine rings is 1. The summed E-state index contributed by atoms with van der Waals surface area (Å²) in [6, 6.07) is 14.6. The third kappa shape index (κ3) is 4.91. The van der Waals surface area contributed by atoms with Crippen molar-refractivity contribution in [1.29, 1.82) is 0 Å². The Hall–Kier alpha value is -2.64. The minimum Gasteiger partial charge on any atom is -0.378 e. The highest BCUT2D eigenvalue weighted by molar-refractivity contribution is 7.80. The Morgan fingerprint density at radius 2 is 1.87 bits per heavy atom. The van der Waals surface area contributed by atoms with E-state index < -0.39 is 0 Å². The number of hydrogen-bond donors (Lipinski definition) is 2. The van der Waals surface area contributed by atoms with E-state index in [1.54, 1.807) is 0 Å². The third-order valence-corrected chi connectivity index (χ3v) is 5.83. The molecule has 0 unspecified atom stereocenters. The first-order chi connectivity index (χ1) is 14.6. The lowest BCUT2D eigenvalue weighted by Crippen LogP contribution is -2.36. The van der Waals surface area contributed by atoms with Crippen molar-refractivity contribution in [3.8, 4) is 0 Å². The molecule has 7 heteroatoms. The second-order valence-corrected chi connectivity index (χ2v) is 8.13. The lowest BCUT2D eigenvalue weighted by atomic mass is 10.1. The number of benzene rings is 2. The highest BCUT2D eigenvalue weighted by Crippen LogP contribution is 2.27. The molecule has 30 heavy (non-hydrogen) atoms. The Balaban J connectivity index is 1.29. The lowest BCUT2D eigenvalue weighted by Gasteiger charge is -2.28. The van der Waals surface area contributed by atoms with Gasteiger partial charge in [-0.3, -0.25) is 4.79 Å². The average molecular weight is 425 g/mol. The number of hydrogen-bond acceptors (Lipinski definition) is 4. The Kier molecular flexibility index (Phi) is 6.50. The molecule has 2 aliphatic rings. The van der Waals surface area contributed by atoms with Crippen LogP contribution in [0, 0.1) is 6.92 Å². The minimum atomic E-state index is 0.204. The Labute approximate surface area is 183 Å². The zero-order valence-corrected chi connectivity index (χ0v) is 18.1. The van der Waals surface area contributed by atoms with Gasteiger partial charge in [0.25, 0.3) is 0 Å². The van der Waals surface area contributed by atoms with Crippen LogP contribution in [-0.2, 0) is 16.1 Å². The molecule has 4 rings (SSSR count). The molecule has 6 nitrogen and oxygen atoms in total. The monoisotopic (exact) mass is 424 g/mol. The van der Waals surface area contributed by atoms with Crippen LogP contribution in [0.5, 0.6) is 0 Å². The van der Waals surface area contributed by atoms with E-state index in [4.69, 9.17) is 17.0 Å². The number of nitrogens with one attached hydrogen (secondary N) is 2. The van der Waals surface area contributed by atoms with Gasteiger partial charge < -0.3 is 25.2 Å². The van der Waals surface area contributed by atoms with Crippen molar-refractivity contribution >= 4 is 40.3 Å². The molecule has 2 fully saturated rings.